The molecule has 6 nitrogen and oxygen atoms in total. The number of hydrogen-bond acceptors (Lipinski definition) is 5. The molecule has 1 aliphatic heterocycles. The lowest BCUT2D eigenvalue weighted by atomic mass is 9.99. The number of nitrogens with zero attached hydrogens (tertiary/aromatic N) is 1. The van der Waals surface area contributed by atoms with Crippen LogP contribution in [-0.2, 0) is 0 Å². The molecule has 2 unspecified atom stereocenters. The molecular weight excluding hydrogens is 246 g/mol. The summed E-state index contributed by atoms with van der Waals surface area (Å²) in [4.78, 5) is 10.4. The Morgan fingerprint density at radius 1 is 1.53 bits per heavy atom. The van der Waals surface area contributed by atoms with Crippen molar-refractivity contribution in [2.75, 3.05) is 19.0 Å². The minimum atomic E-state index is -0.437. The molecule has 2 N–H and O–H groups in total. The van der Waals surface area contributed by atoms with Crippen LogP contribution in [0.3, 0.4) is 0 Å². The molecule has 1 aromatic carbocycles. The SMILES string of the molecule is COc1cc(NC2CCCNC2C)ccc1[N+](=O)[O-]. The number of anilines is 1. The molecule has 2 atom stereocenters. The summed E-state index contributed by atoms with van der Waals surface area (Å²) in [7, 11) is 1.44. The number of hydrogen-bond donors (Lipinski definition) is 2. The second-order valence-electron chi connectivity index (χ2n) is 4.78. The lowest BCUT2D eigenvalue weighted by Gasteiger charge is -2.31. The average Bonchev–Trinajstić information content (AvgIpc) is 2.41. The van der Waals surface area contributed by atoms with E-state index in [9.17, 15) is 10.1 Å². The van der Waals surface area contributed by atoms with Gasteiger partial charge in [-0.15, -0.1) is 0 Å². The van der Waals surface area contributed by atoms with Gasteiger partial charge in [0.15, 0.2) is 5.75 Å². The Morgan fingerprint density at radius 3 is 2.95 bits per heavy atom. The van der Waals surface area contributed by atoms with Gasteiger partial charge in [0, 0.05) is 29.9 Å². The number of piperidine rings is 1. The number of methoxy groups -OCH3 is 1. The van der Waals surface area contributed by atoms with Gasteiger partial charge in [-0.05, 0) is 32.4 Å². The first-order valence-electron chi connectivity index (χ1n) is 6.44. The van der Waals surface area contributed by atoms with E-state index in [0.29, 0.717) is 12.1 Å². The minimum Gasteiger partial charge on any atom is -0.490 e. The van der Waals surface area contributed by atoms with Crippen LogP contribution in [0.5, 0.6) is 5.75 Å². The predicted octanol–water partition coefficient (Wildman–Crippen LogP) is 2.16. The summed E-state index contributed by atoms with van der Waals surface area (Å²) in [5, 5.41) is 17.6. The smallest absolute Gasteiger partial charge is 0.311 e. The molecule has 2 rings (SSSR count). The van der Waals surface area contributed by atoms with Crippen molar-refractivity contribution in [2.24, 2.45) is 0 Å². The van der Waals surface area contributed by atoms with E-state index >= 15 is 0 Å². The van der Waals surface area contributed by atoms with Crippen molar-refractivity contribution in [2.45, 2.75) is 31.8 Å². The van der Waals surface area contributed by atoms with Crippen LogP contribution in [-0.4, -0.2) is 30.7 Å². The predicted molar refractivity (Wildman–Crippen MR) is 73.8 cm³/mol. The molecule has 0 bridgehead atoms. The molecule has 1 saturated heterocycles. The second-order valence-corrected chi connectivity index (χ2v) is 4.78. The van der Waals surface area contributed by atoms with Gasteiger partial charge in [0.1, 0.15) is 0 Å². The molecular formula is C13H19N3O3. The minimum absolute atomic E-state index is 0.0112. The Bertz CT molecular complexity index is 464. The fourth-order valence-corrected chi connectivity index (χ4v) is 2.37. The van der Waals surface area contributed by atoms with Crippen molar-refractivity contribution in [3.05, 3.63) is 28.3 Å². The lowest BCUT2D eigenvalue weighted by molar-refractivity contribution is -0.385. The van der Waals surface area contributed by atoms with Crippen molar-refractivity contribution in [3.8, 4) is 5.75 Å². The van der Waals surface area contributed by atoms with Crippen LogP contribution >= 0.6 is 0 Å². The molecule has 6 heteroatoms. The summed E-state index contributed by atoms with van der Waals surface area (Å²) in [6.45, 7) is 3.18. The largest absolute Gasteiger partial charge is 0.490 e. The molecule has 0 aromatic heterocycles. The first kappa shape index (κ1) is 13.6. The van der Waals surface area contributed by atoms with Crippen LogP contribution in [0.2, 0.25) is 0 Å². The molecule has 0 aliphatic carbocycles. The van der Waals surface area contributed by atoms with Gasteiger partial charge in [-0.3, -0.25) is 10.1 Å². The van der Waals surface area contributed by atoms with Crippen LogP contribution in [0.25, 0.3) is 0 Å². The van der Waals surface area contributed by atoms with Gasteiger partial charge >= 0.3 is 5.69 Å². The quantitative estimate of drug-likeness (QED) is 0.644. The normalized spacial score (nSPS) is 22.8. The van der Waals surface area contributed by atoms with Crippen molar-refractivity contribution < 1.29 is 9.66 Å². The van der Waals surface area contributed by atoms with Crippen molar-refractivity contribution in [1.82, 2.24) is 5.32 Å². The summed E-state index contributed by atoms with van der Waals surface area (Å²) < 4.78 is 5.07. The van der Waals surface area contributed by atoms with Gasteiger partial charge in [-0.1, -0.05) is 0 Å². The summed E-state index contributed by atoms with van der Waals surface area (Å²) in [6.07, 6.45) is 2.22. The molecule has 0 radical (unpaired) electrons. The van der Waals surface area contributed by atoms with Crippen LogP contribution in [0.1, 0.15) is 19.8 Å². The molecule has 0 spiro atoms. The first-order chi connectivity index (χ1) is 9.11. The number of nitro benzene ring substituents is 1. The van der Waals surface area contributed by atoms with E-state index in [2.05, 4.69) is 17.6 Å². The summed E-state index contributed by atoms with van der Waals surface area (Å²) in [5.74, 6) is 0.284. The summed E-state index contributed by atoms with van der Waals surface area (Å²) in [6, 6.07) is 5.60. The number of ether oxygens (including phenoxy) is 1. The van der Waals surface area contributed by atoms with Crippen LogP contribution < -0.4 is 15.4 Å². The van der Waals surface area contributed by atoms with E-state index < -0.39 is 4.92 Å². The molecule has 1 fully saturated rings. The third kappa shape index (κ3) is 3.14. The highest BCUT2D eigenvalue weighted by molar-refractivity contribution is 5.58. The average molecular weight is 265 g/mol. The maximum absolute atomic E-state index is 10.8. The highest BCUT2D eigenvalue weighted by atomic mass is 16.6. The molecule has 1 aliphatic rings. The molecule has 104 valence electrons. The Labute approximate surface area is 112 Å². The molecule has 1 aromatic rings. The van der Waals surface area contributed by atoms with E-state index in [4.69, 9.17) is 4.74 Å². The second kappa shape index (κ2) is 5.88. The fourth-order valence-electron chi connectivity index (χ4n) is 2.37. The Morgan fingerprint density at radius 2 is 2.32 bits per heavy atom. The van der Waals surface area contributed by atoms with Crippen LogP contribution in [0, 0.1) is 10.1 Å². The highest BCUT2D eigenvalue weighted by Crippen LogP contribution is 2.30. The third-order valence-corrected chi connectivity index (χ3v) is 3.49. The van der Waals surface area contributed by atoms with Gasteiger partial charge < -0.3 is 15.4 Å². The molecule has 0 saturated carbocycles. The lowest BCUT2D eigenvalue weighted by Crippen LogP contribution is -2.46. The van der Waals surface area contributed by atoms with Gasteiger partial charge in [-0.25, -0.2) is 0 Å². The van der Waals surface area contributed by atoms with E-state index in [0.717, 1.165) is 25.1 Å². The van der Waals surface area contributed by atoms with E-state index in [1.165, 1.54) is 13.2 Å². The van der Waals surface area contributed by atoms with E-state index in [-0.39, 0.29) is 11.4 Å². The zero-order valence-electron chi connectivity index (χ0n) is 11.2. The topological polar surface area (TPSA) is 76.4 Å². The number of nitrogens with one attached hydrogen (secondary N) is 2. The fraction of sp³-hybridized carbons (Fsp3) is 0.538. The van der Waals surface area contributed by atoms with Gasteiger partial charge in [0.2, 0.25) is 0 Å². The molecule has 0 amide bonds. The molecule has 19 heavy (non-hydrogen) atoms. The van der Waals surface area contributed by atoms with Gasteiger partial charge in [-0.2, -0.15) is 0 Å². The standard InChI is InChI=1S/C13H19N3O3/c1-9-11(4-3-7-14-9)15-10-5-6-12(16(17)18)13(8-10)19-2/h5-6,8-9,11,14-15H,3-4,7H2,1-2H3. The zero-order chi connectivity index (χ0) is 13.8. The van der Waals surface area contributed by atoms with E-state index in [1.54, 1.807) is 12.1 Å². The maximum Gasteiger partial charge on any atom is 0.311 e. The van der Waals surface area contributed by atoms with Crippen molar-refractivity contribution >= 4 is 11.4 Å². The monoisotopic (exact) mass is 265 g/mol. The van der Waals surface area contributed by atoms with Crippen LogP contribution in [0.15, 0.2) is 18.2 Å². The highest BCUT2D eigenvalue weighted by Gasteiger charge is 2.21. The van der Waals surface area contributed by atoms with Gasteiger partial charge in [0.25, 0.3) is 0 Å². The number of benzene rings is 1. The zero-order valence-corrected chi connectivity index (χ0v) is 11.2. The first-order valence-corrected chi connectivity index (χ1v) is 6.44. The van der Waals surface area contributed by atoms with Crippen molar-refractivity contribution in [1.29, 1.82) is 0 Å². The Kier molecular flexibility index (Phi) is 4.21. The van der Waals surface area contributed by atoms with Crippen LogP contribution in [0.4, 0.5) is 11.4 Å². The number of nitro groups is 1. The van der Waals surface area contributed by atoms with E-state index in [1.807, 2.05) is 0 Å². The summed E-state index contributed by atoms with van der Waals surface area (Å²) >= 11 is 0. The summed E-state index contributed by atoms with van der Waals surface area (Å²) in [5.41, 5.74) is 0.839. The third-order valence-electron chi connectivity index (χ3n) is 3.49. The Balaban J connectivity index is 2.14. The Hall–Kier alpha value is -1.82. The molecule has 1 heterocycles. The van der Waals surface area contributed by atoms with Gasteiger partial charge in [0.05, 0.1) is 12.0 Å². The number of rotatable bonds is 4. The van der Waals surface area contributed by atoms with Crippen molar-refractivity contribution in [3.63, 3.8) is 0 Å². The maximum atomic E-state index is 10.8.